The van der Waals surface area contributed by atoms with Gasteiger partial charge in [-0.05, 0) is 30.2 Å². The average molecular weight is 312 g/mol. The van der Waals surface area contributed by atoms with Crippen LogP contribution >= 0.6 is 15.9 Å². The van der Waals surface area contributed by atoms with Crippen molar-refractivity contribution in [2.24, 2.45) is 5.73 Å². The van der Waals surface area contributed by atoms with E-state index in [1.807, 2.05) is 0 Å². The summed E-state index contributed by atoms with van der Waals surface area (Å²) in [4.78, 5) is 0. The van der Waals surface area contributed by atoms with Crippen molar-refractivity contribution in [3.8, 4) is 5.75 Å². The van der Waals surface area contributed by atoms with Crippen molar-refractivity contribution in [1.82, 2.24) is 0 Å². The fourth-order valence-corrected chi connectivity index (χ4v) is 1.67. The van der Waals surface area contributed by atoms with Gasteiger partial charge in [0.15, 0.2) is 0 Å². The molecule has 1 rings (SSSR count). The number of ether oxygens (including phenoxy) is 1. The number of hydrogen-bond donors (Lipinski definition) is 1. The maximum Gasteiger partial charge on any atom is 0.389 e. The first kappa shape index (κ1) is 14.3. The molecular weight excluding hydrogens is 299 g/mol. The molecule has 96 valence electrons. The van der Waals surface area contributed by atoms with Crippen molar-refractivity contribution < 1.29 is 17.9 Å². The molecular formula is C11H13BrF3NO. The standard InChI is InChI=1S/C11H13BrF3NO/c12-10-3-2-9(6-8(10)7-16)17-5-1-4-11(13,14)15/h2-3,6H,1,4-5,7,16H2. The zero-order chi connectivity index (χ0) is 12.9. The highest BCUT2D eigenvalue weighted by atomic mass is 79.9. The summed E-state index contributed by atoms with van der Waals surface area (Å²) < 4.78 is 41.7. The second-order valence-electron chi connectivity index (χ2n) is 3.52. The third-order valence-electron chi connectivity index (χ3n) is 2.11. The van der Waals surface area contributed by atoms with Gasteiger partial charge in [0.1, 0.15) is 5.75 Å². The Hall–Kier alpha value is -0.750. The molecule has 0 aliphatic heterocycles. The van der Waals surface area contributed by atoms with Crippen LogP contribution in [0.2, 0.25) is 0 Å². The third-order valence-corrected chi connectivity index (χ3v) is 2.88. The molecule has 17 heavy (non-hydrogen) atoms. The Bertz CT molecular complexity index is 368. The largest absolute Gasteiger partial charge is 0.494 e. The molecule has 6 heteroatoms. The van der Waals surface area contributed by atoms with Crippen molar-refractivity contribution in [2.75, 3.05) is 6.61 Å². The fraction of sp³-hybridized carbons (Fsp3) is 0.455. The van der Waals surface area contributed by atoms with Gasteiger partial charge in [0.2, 0.25) is 0 Å². The topological polar surface area (TPSA) is 35.2 Å². The molecule has 0 aromatic heterocycles. The van der Waals surface area contributed by atoms with E-state index in [4.69, 9.17) is 10.5 Å². The van der Waals surface area contributed by atoms with Crippen LogP contribution in [0.25, 0.3) is 0 Å². The molecule has 2 N–H and O–H groups in total. The zero-order valence-corrected chi connectivity index (χ0v) is 10.6. The predicted octanol–water partition coefficient (Wildman–Crippen LogP) is 3.63. The first-order chi connectivity index (χ1) is 7.92. The predicted molar refractivity (Wildman–Crippen MR) is 62.8 cm³/mol. The van der Waals surface area contributed by atoms with E-state index in [1.165, 1.54) is 0 Å². The molecule has 0 saturated carbocycles. The molecule has 0 bridgehead atoms. The Morgan fingerprint density at radius 1 is 1.29 bits per heavy atom. The summed E-state index contributed by atoms with van der Waals surface area (Å²) in [7, 11) is 0. The van der Waals surface area contributed by atoms with E-state index in [1.54, 1.807) is 18.2 Å². The van der Waals surface area contributed by atoms with Crippen LogP contribution in [0.1, 0.15) is 18.4 Å². The molecule has 0 spiro atoms. The Morgan fingerprint density at radius 3 is 2.59 bits per heavy atom. The molecule has 0 amide bonds. The second kappa shape index (κ2) is 6.26. The first-order valence-corrected chi connectivity index (χ1v) is 5.90. The quantitative estimate of drug-likeness (QED) is 0.843. The van der Waals surface area contributed by atoms with Gasteiger partial charge in [-0.3, -0.25) is 0 Å². The molecule has 0 aliphatic carbocycles. The summed E-state index contributed by atoms with van der Waals surface area (Å²) in [5.74, 6) is 0.538. The summed E-state index contributed by atoms with van der Waals surface area (Å²) in [5, 5.41) is 0. The van der Waals surface area contributed by atoms with Gasteiger partial charge < -0.3 is 10.5 Å². The van der Waals surface area contributed by atoms with Crippen LogP contribution in [0.15, 0.2) is 22.7 Å². The highest BCUT2D eigenvalue weighted by molar-refractivity contribution is 9.10. The van der Waals surface area contributed by atoms with Crippen LogP contribution in [0.4, 0.5) is 13.2 Å². The molecule has 0 saturated heterocycles. The lowest BCUT2D eigenvalue weighted by Gasteiger charge is -2.09. The summed E-state index contributed by atoms with van der Waals surface area (Å²) in [6.45, 7) is 0.394. The van der Waals surface area contributed by atoms with E-state index in [9.17, 15) is 13.2 Å². The second-order valence-corrected chi connectivity index (χ2v) is 4.38. The van der Waals surface area contributed by atoms with Gasteiger partial charge in [0, 0.05) is 17.4 Å². The van der Waals surface area contributed by atoms with E-state index in [-0.39, 0.29) is 13.0 Å². The molecule has 0 aliphatic rings. The van der Waals surface area contributed by atoms with Gasteiger partial charge in [0.05, 0.1) is 6.61 Å². The average Bonchev–Trinajstić information content (AvgIpc) is 2.25. The van der Waals surface area contributed by atoms with Gasteiger partial charge in [-0.15, -0.1) is 0 Å². The minimum atomic E-state index is -4.12. The van der Waals surface area contributed by atoms with E-state index in [2.05, 4.69) is 15.9 Å². The third kappa shape index (κ3) is 5.41. The normalized spacial score (nSPS) is 11.6. The first-order valence-electron chi connectivity index (χ1n) is 5.10. The van der Waals surface area contributed by atoms with Gasteiger partial charge in [0.25, 0.3) is 0 Å². The Balaban J connectivity index is 2.42. The monoisotopic (exact) mass is 311 g/mol. The number of hydrogen-bond acceptors (Lipinski definition) is 2. The summed E-state index contributed by atoms with van der Waals surface area (Å²) >= 11 is 3.31. The van der Waals surface area contributed by atoms with Crippen molar-refractivity contribution in [1.29, 1.82) is 0 Å². The molecule has 0 heterocycles. The maximum atomic E-state index is 11.9. The van der Waals surface area contributed by atoms with Crippen molar-refractivity contribution in [2.45, 2.75) is 25.6 Å². The Kier molecular flexibility index (Phi) is 5.27. The van der Waals surface area contributed by atoms with E-state index >= 15 is 0 Å². The van der Waals surface area contributed by atoms with Crippen LogP contribution in [0.5, 0.6) is 5.75 Å². The van der Waals surface area contributed by atoms with Crippen LogP contribution in [-0.4, -0.2) is 12.8 Å². The Morgan fingerprint density at radius 2 is 2.00 bits per heavy atom. The lowest BCUT2D eigenvalue weighted by molar-refractivity contribution is -0.136. The van der Waals surface area contributed by atoms with E-state index in [0.717, 1.165) is 10.0 Å². The van der Waals surface area contributed by atoms with Gasteiger partial charge in [-0.2, -0.15) is 13.2 Å². The molecule has 2 nitrogen and oxygen atoms in total. The number of alkyl halides is 3. The van der Waals surface area contributed by atoms with Crippen molar-refractivity contribution in [3.63, 3.8) is 0 Å². The molecule has 0 unspecified atom stereocenters. The highest BCUT2D eigenvalue weighted by Gasteiger charge is 2.26. The minimum Gasteiger partial charge on any atom is -0.494 e. The van der Waals surface area contributed by atoms with Crippen molar-refractivity contribution in [3.05, 3.63) is 28.2 Å². The number of benzene rings is 1. The molecule has 0 fully saturated rings. The van der Waals surface area contributed by atoms with Crippen LogP contribution < -0.4 is 10.5 Å². The maximum absolute atomic E-state index is 11.9. The van der Waals surface area contributed by atoms with E-state index in [0.29, 0.717) is 12.3 Å². The fourth-order valence-electron chi connectivity index (χ4n) is 1.26. The number of halogens is 4. The summed E-state index contributed by atoms with van der Waals surface area (Å²) in [6.07, 6.45) is -4.99. The highest BCUT2D eigenvalue weighted by Crippen LogP contribution is 2.24. The molecule has 0 atom stereocenters. The van der Waals surface area contributed by atoms with Gasteiger partial charge >= 0.3 is 6.18 Å². The lowest BCUT2D eigenvalue weighted by Crippen LogP contribution is -2.09. The number of rotatable bonds is 5. The number of nitrogens with two attached hydrogens (primary N) is 1. The molecule has 1 aromatic rings. The minimum absolute atomic E-state index is 0.0441. The smallest absolute Gasteiger partial charge is 0.389 e. The zero-order valence-electron chi connectivity index (χ0n) is 9.06. The van der Waals surface area contributed by atoms with Crippen LogP contribution in [0.3, 0.4) is 0 Å². The molecule has 1 aromatic carbocycles. The lowest BCUT2D eigenvalue weighted by atomic mass is 10.2. The van der Waals surface area contributed by atoms with E-state index < -0.39 is 12.6 Å². The summed E-state index contributed by atoms with van der Waals surface area (Å²) in [5.41, 5.74) is 6.36. The van der Waals surface area contributed by atoms with Gasteiger partial charge in [-0.1, -0.05) is 15.9 Å². The molecule has 0 radical (unpaired) electrons. The Labute approximate surface area is 106 Å². The SMILES string of the molecule is NCc1cc(OCCCC(F)(F)F)ccc1Br. The summed E-state index contributed by atoms with van der Waals surface area (Å²) in [6, 6.07) is 5.18. The van der Waals surface area contributed by atoms with Gasteiger partial charge in [-0.25, -0.2) is 0 Å². The van der Waals surface area contributed by atoms with Crippen molar-refractivity contribution >= 4 is 15.9 Å². The van der Waals surface area contributed by atoms with Crippen LogP contribution in [0, 0.1) is 0 Å². The van der Waals surface area contributed by atoms with Crippen LogP contribution in [-0.2, 0) is 6.54 Å².